The van der Waals surface area contributed by atoms with Gasteiger partial charge in [-0.05, 0) is 31.5 Å². The van der Waals surface area contributed by atoms with Crippen molar-refractivity contribution in [2.75, 3.05) is 30.7 Å². The Balaban J connectivity index is 1.77. The third-order valence-corrected chi connectivity index (χ3v) is 3.14. The van der Waals surface area contributed by atoms with Gasteiger partial charge >= 0.3 is 0 Å². The summed E-state index contributed by atoms with van der Waals surface area (Å²) in [6, 6.07) is 8.78. The van der Waals surface area contributed by atoms with Crippen molar-refractivity contribution in [1.29, 1.82) is 0 Å². The van der Waals surface area contributed by atoms with Crippen LogP contribution in [0.5, 0.6) is 0 Å². The van der Waals surface area contributed by atoms with Crippen molar-refractivity contribution < 1.29 is 0 Å². The number of benzene rings is 1. The lowest BCUT2D eigenvalue weighted by molar-refractivity contribution is 0.289. The molecule has 0 unspecified atom stereocenters. The first-order valence-electron chi connectivity index (χ1n) is 6.13. The van der Waals surface area contributed by atoms with Gasteiger partial charge in [-0.2, -0.15) is 0 Å². The summed E-state index contributed by atoms with van der Waals surface area (Å²) in [6.07, 6.45) is 2.75. The molecule has 0 aromatic heterocycles. The van der Waals surface area contributed by atoms with Crippen LogP contribution >= 0.6 is 0 Å². The van der Waals surface area contributed by atoms with Crippen LogP contribution in [0.25, 0.3) is 0 Å². The van der Waals surface area contributed by atoms with Gasteiger partial charge in [-0.15, -0.1) is 0 Å². The minimum absolute atomic E-state index is 0.831. The fourth-order valence-electron chi connectivity index (χ4n) is 2.03. The number of likely N-dealkylation sites (N-methyl/N-ethyl adjacent to an activating group) is 1. The predicted molar refractivity (Wildman–Crippen MR) is 69.6 cm³/mol. The van der Waals surface area contributed by atoms with Crippen LogP contribution in [0.15, 0.2) is 24.3 Å². The topological polar surface area (TPSA) is 41.3 Å². The molecule has 0 aliphatic heterocycles. The van der Waals surface area contributed by atoms with E-state index in [-0.39, 0.29) is 0 Å². The Morgan fingerprint density at radius 2 is 2.12 bits per heavy atom. The van der Waals surface area contributed by atoms with E-state index in [1.807, 2.05) is 24.3 Å². The number of rotatable bonds is 6. The molecule has 0 saturated heterocycles. The summed E-state index contributed by atoms with van der Waals surface area (Å²) in [4.78, 5) is 2.53. The maximum Gasteiger partial charge on any atom is 0.0574 e. The second-order valence-corrected chi connectivity index (χ2v) is 4.37. The third-order valence-electron chi connectivity index (χ3n) is 3.14. The number of nitrogens with two attached hydrogens (primary N) is 1. The Morgan fingerprint density at radius 3 is 2.75 bits per heavy atom. The normalized spacial score (nSPS) is 15.4. The number of anilines is 2. The van der Waals surface area contributed by atoms with Gasteiger partial charge in [0.1, 0.15) is 0 Å². The number of nitrogen functional groups attached to an aromatic ring is 1. The molecule has 0 spiro atoms. The molecule has 0 amide bonds. The Morgan fingerprint density at radius 1 is 1.38 bits per heavy atom. The summed E-state index contributed by atoms with van der Waals surface area (Å²) < 4.78 is 0. The van der Waals surface area contributed by atoms with E-state index in [1.54, 1.807) is 0 Å². The van der Waals surface area contributed by atoms with Gasteiger partial charge in [0.15, 0.2) is 0 Å². The van der Waals surface area contributed by atoms with Crippen molar-refractivity contribution in [2.24, 2.45) is 0 Å². The Bertz CT molecular complexity index is 334. The zero-order valence-corrected chi connectivity index (χ0v) is 9.95. The van der Waals surface area contributed by atoms with Crippen molar-refractivity contribution in [3.8, 4) is 0 Å². The Hall–Kier alpha value is -1.22. The molecule has 1 saturated carbocycles. The molecule has 1 aromatic carbocycles. The number of hydrogen-bond acceptors (Lipinski definition) is 3. The Labute approximate surface area is 97.6 Å². The molecular formula is C13H21N3. The van der Waals surface area contributed by atoms with E-state index in [9.17, 15) is 0 Å². The van der Waals surface area contributed by atoms with Crippen LogP contribution in [0, 0.1) is 0 Å². The number of nitrogens with one attached hydrogen (secondary N) is 1. The van der Waals surface area contributed by atoms with Crippen LogP contribution in [-0.4, -0.2) is 30.6 Å². The Kier molecular flexibility index (Phi) is 3.67. The smallest absolute Gasteiger partial charge is 0.0574 e. The van der Waals surface area contributed by atoms with Crippen LogP contribution in [-0.2, 0) is 0 Å². The largest absolute Gasteiger partial charge is 0.397 e. The van der Waals surface area contributed by atoms with Crippen molar-refractivity contribution in [3.05, 3.63) is 24.3 Å². The second kappa shape index (κ2) is 5.21. The van der Waals surface area contributed by atoms with E-state index in [0.717, 1.165) is 37.1 Å². The maximum absolute atomic E-state index is 5.87. The zero-order chi connectivity index (χ0) is 11.4. The summed E-state index contributed by atoms with van der Waals surface area (Å²) in [5, 5.41) is 3.39. The predicted octanol–water partition coefficient (Wildman–Crippen LogP) is 2.17. The van der Waals surface area contributed by atoms with Crippen LogP contribution in [0.2, 0.25) is 0 Å². The number of hydrogen-bond donors (Lipinski definition) is 2. The fourth-order valence-corrected chi connectivity index (χ4v) is 2.03. The molecule has 1 aliphatic carbocycles. The minimum atomic E-state index is 0.831. The van der Waals surface area contributed by atoms with Crippen molar-refractivity contribution >= 4 is 11.4 Å². The second-order valence-electron chi connectivity index (χ2n) is 4.37. The first-order valence-corrected chi connectivity index (χ1v) is 6.13. The molecule has 0 radical (unpaired) electrons. The van der Waals surface area contributed by atoms with Gasteiger partial charge in [0.2, 0.25) is 0 Å². The van der Waals surface area contributed by atoms with Gasteiger partial charge < -0.3 is 11.1 Å². The highest BCUT2D eigenvalue weighted by molar-refractivity contribution is 5.65. The van der Waals surface area contributed by atoms with E-state index in [4.69, 9.17) is 5.73 Å². The lowest BCUT2D eigenvalue weighted by Gasteiger charge is -2.20. The molecule has 2 rings (SSSR count). The van der Waals surface area contributed by atoms with Crippen molar-refractivity contribution in [3.63, 3.8) is 0 Å². The van der Waals surface area contributed by atoms with E-state index in [0.29, 0.717) is 0 Å². The van der Waals surface area contributed by atoms with E-state index < -0.39 is 0 Å². The van der Waals surface area contributed by atoms with Gasteiger partial charge in [-0.1, -0.05) is 19.1 Å². The molecule has 3 N–H and O–H groups in total. The summed E-state index contributed by atoms with van der Waals surface area (Å²) in [5.41, 5.74) is 7.75. The molecule has 0 bridgehead atoms. The molecular weight excluding hydrogens is 198 g/mol. The number of para-hydroxylation sites is 2. The molecule has 16 heavy (non-hydrogen) atoms. The summed E-state index contributed by atoms with van der Waals surface area (Å²) in [6.45, 7) is 5.46. The van der Waals surface area contributed by atoms with Crippen molar-refractivity contribution in [2.45, 2.75) is 25.8 Å². The van der Waals surface area contributed by atoms with E-state index in [1.165, 1.54) is 12.8 Å². The lowest BCUT2D eigenvalue weighted by Crippen LogP contribution is -2.30. The van der Waals surface area contributed by atoms with E-state index >= 15 is 0 Å². The lowest BCUT2D eigenvalue weighted by atomic mass is 10.2. The van der Waals surface area contributed by atoms with Crippen LogP contribution in [0.3, 0.4) is 0 Å². The molecule has 0 heterocycles. The standard InChI is InChI=1S/C13H21N3/c1-2-16(11-7-8-11)10-9-15-13-6-4-3-5-12(13)14/h3-6,11,15H,2,7-10,14H2,1H3. The summed E-state index contributed by atoms with van der Waals surface area (Å²) >= 11 is 0. The molecule has 88 valence electrons. The SMILES string of the molecule is CCN(CCNc1ccccc1N)C1CC1. The molecule has 1 aromatic rings. The van der Waals surface area contributed by atoms with Crippen molar-refractivity contribution in [1.82, 2.24) is 4.90 Å². The van der Waals surface area contributed by atoms with Gasteiger partial charge in [-0.3, -0.25) is 4.90 Å². The average Bonchev–Trinajstić information content (AvgIpc) is 3.11. The van der Waals surface area contributed by atoms with Crippen LogP contribution in [0.4, 0.5) is 11.4 Å². The van der Waals surface area contributed by atoms with Crippen LogP contribution in [0.1, 0.15) is 19.8 Å². The first-order chi connectivity index (χ1) is 7.81. The average molecular weight is 219 g/mol. The number of nitrogens with zero attached hydrogens (tertiary/aromatic N) is 1. The quantitative estimate of drug-likeness (QED) is 0.720. The van der Waals surface area contributed by atoms with Gasteiger partial charge in [0.05, 0.1) is 11.4 Å². The summed E-state index contributed by atoms with van der Waals surface area (Å²) in [7, 11) is 0. The van der Waals surface area contributed by atoms with E-state index in [2.05, 4.69) is 17.1 Å². The molecule has 1 aliphatic rings. The highest BCUT2D eigenvalue weighted by atomic mass is 15.2. The highest BCUT2D eigenvalue weighted by Crippen LogP contribution is 2.26. The first kappa shape index (κ1) is 11.3. The van der Waals surface area contributed by atoms with Crippen LogP contribution < -0.4 is 11.1 Å². The van der Waals surface area contributed by atoms with Gasteiger partial charge in [0, 0.05) is 19.1 Å². The fraction of sp³-hybridized carbons (Fsp3) is 0.538. The van der Waals surface area contributed by atoms with Gasteiger partial charge in [-0.25, -0.2) is 0 Å². The summed E-state index contributed by atoms with van der Waals surface area (Å²) in [5.74, 6) is 0. The highest BCUT2D eigenvalue weighted by Gasteiger charge is 2.26. The third kappa shape index (κ3) is 2.89. The minimum Gasteiger partial charge on any atom is -0.397 e. The maximum atomic E-state index is 5.87. The monoisotopic (exact) mass is 219 g/mol. The zero-order valence-electron chi connectivity index (χ0n) is 9.95. The molecule has 3 heteroatoms. The molecule has 1 fully saturated rings. The molecule has 3 nitrogen and oxygen atoms in total. The van der Waals surface area contributed by atoms with Gasteiger partial charge in [0.25, 0.3) is 0 Å². The molecule has 0 atom stereocenters.